The second-order valence-electron chi connectivity index (χ2n) is 4.42. The number of nitrogens with zero attached hydrogens (tertiary/aromatic N) is 1. The summed E-state index contributed by atoms with van der Waals surface area (Å²) in [5.41, 5.74) is 5.67. The zero-order valence-electron chi connectivity index (χ0n) is 9.14. The first-order valence-electron chi connectivity index (χ1n) is 5.18. The van der Waals surface area contributed by atoms with Crippen molar-refractivity contribution in [2.24, 2.45) is 11.7 Å². The van der Waals surface area contributed by atoms with Gasteiger partial charge < -0.3 is 15.7 Å². The highest BCUT2D eigenvalue weighted by Gasteiger charge is 2.34. The maximum absolute atomic E-state index is 11.6. The topological polar surface area (TPSA) is 83.6 Å². The van der Waals surface area contributed by atoms with E-state index in [0.717, 1.165) is 0 Å². The van der Waals surface area contributed by atoms with Gasteiger partial charge in [-0.15, -0.1) is 0 Å². The van der Waals surface area contributed by atoms with Crippen molar-refractivity contribution in [2.45, 2.75) is 38.8 Å². The van der Waals surface area contributed by atoms with Crippen molar-refractivity contribution in [3.05, 3.63) is 0 Å². The van der Waals surface area contributed by atoms with Gasteiger partial charge in [0.2, 0.25) is 5.91 Å². The van der Waals surface area contributed by atoms with Crippen LogP contribution in [-0.2, 0) is 9.59 Å². The molecule has 0 aromatic heterocycles. The zero-order chi connectivity index (χ0) is 11.6. The van der Waals surface area contributed by atoms with Crippen molar-refractivity contribution in [1.29, 1.82) is 0 Å². The molecule has 2 unspecified atom stereocenters. The van der Waals surface area contributed by atoms with Gasteiger partial charge in [-0.3, -0.25) is 9.59 Å². The Morgan fingerprint density at radius 2 is 2.27 bits per heavy atom. The first kappa shape index (κ1) is 12.0. The SMILES string of the molecule is CC(C)C(CC(=O)O)N1CC(N)CC1=O. The van der Waals surface area contributed by atoms with E-state index in [1.54, 1.807) is 4.90 Å². The van der Waals surface area contributed by atoms with Gasteiger partial charge in [0, 0.05) is 25.0 Å². The molecule has 5 nitrogen and oxygen atoms in total. The molecule has 0 spiro atoms. The van der Waals surface area contributed by atoms with Gasteiger partial charge in [0.1, 0.15) is 0 Å². The summed E-state index contributed by atoms with van der Waals surface area (Å²) < 4.78 is 0. The van der Waals surface area contributed by atoms with Gasteiger partial charge in [0.05, 0.1) is 6.42 Å². The van der Waals surface area contributed by atoms with Gasteiger partial charge in [0.15, 0.2) is 0 Å². The fourth-order valence-corrected chi connectivity index (χ4v) is 1.97. The Kier molecular flexibility index (Phi) is 3.68. The fourth-order valence-electron chi connectivity index (χ4n) is 1.97. The molecule has 3 N–H and O–H groups in total. The lowest BCUT2D eigenvalue weighted by Crippen LogP contribution is -2.42. The van der Waals surface area contributed by atoms with E-state index in [2.05, 4.69) is 0 Å². The number of amides is 1. The number of hydrogen-bond donors (Lipinski definition) is 2. The second-order valence-corrected chi connectivity index (χ2v) is 4.42. The molecule has 0 aromatic carbocycles. The molecule has 2 atom stereocenters. The number of likely N-dealkylation sites (tertiary alicyclic amines) is 1. The number of carboxylic acids is 1. The fraction of sp³-hybridized carbons (Fsp3) is 0.800. The molecular weight excluding hydrogens is 196 g/mol. The smallest absolute Gasteiger partial charge is 0.305 e. The van der Waals surface area contributed by atoms with E-state index < -0.39 is 5.97 Å². The van der Waals surface area contributed by atoms with E-state index in [4.69, 9.17) is 10.8 Å². The quantitative estimate of drug-likeness (QED) is 0.692. The standard InChI is InChI=1S/C10H18N2O3/c1-6(2)8(4-10(14)15)12-5-7(11)3-9(12)13/h6-8H,3-5,11H2,1-2H3,(H,14,15). The average Bonchev–Trinajstić information content (AvgIpc) is 2.40. The summed E-state index contributed by atoms with van der Waals surface area (Å²) in [5.74, 6) is -0.764. The molecule has 1 heterocycles. The predicted molar refractivity (Wildman–Crippen MR) is 55.2 cm³/mol. The molecule has 86 valence electrons. The lowest BCUT2D eigenvalue weighted by Gasteiger charge is -2.29. The molecular formula is C10H18N2O3. The summed E-state index contributed by atoms with van der Waals surface area (Å²) in [4.78, 5) is 23.9. The minimum Gasteiger partial charge on any atom is -0.481 e. The molecule has 0 bridgehead atoms. The predicted octanol–water partition coefficient (Wildman–Crippen LogP) is 0.0453. The first-order chi connectivity index (χ1) is 6.91. The Balaban J connectivity index is 2.71. The van der Waals surface area contributed by atoms with Crippen molar-refractivity contribution < 1.29 is 14.7 Å². The van der Waals surface area contributed by atoms with Crippen LogP contribution in [0.25, 0.3) is 0 Å². The Bertz CT molecular complexity index is 265. The van der Waals surface area contributed by atoms with Crippen LogP contribution in [0.15, 0.2) is 0 Å². The molecule has 0 radical (unpaired) electrons. The first-order valence-corrected chi connectivity index (χ1v) is 5.18. The third-order valence-corrected chi connectivity index (χ3v) is 2.74. The maximum Gasteiger partial charge on any atom is 0.305 e. The van der Waals surface area contributed by atoms with E-state index in [1.807, 2.05) is 13.8 Å². The Labute approximate surface area is 89.2 Å². The largest absolute Gasteiger partial charge is 0.481 e. The van der Waals surface area contributed by atoms with Crippen molar-refractivity contribution in [2.75, 3.05) is 6.54 Å². The van der Waals surface area contributed by atoms with Gasteiger partial charge in [0.25, 0.3) is 0 Å². The normalized spacial score (nSPS) is 23.6. The van der Waals surface area contributed by atoms with Crippen molar-refractivity contribution in [3.8, 4) is 0 Å². The molecule has 1 fully saturated rings. The minimum absolute atomic E-state index is 0.00384. The highest BCUT2D eigenvalue weighted by Crippen LogP contribution is 2.21. The summed E-state index contributed by atoms with van der Waals surface area (Å²) in [6, 6.07) is -0.379. The Morgan fingerprint density at radius 1 is 1.67 bits per heavy atom. The molecule has 1 aliphatic rings. The molecule has 0 aromatic rings. The van der Waals surface area contributed by atoms with Crippen LogP contribution in [-0.4, -0.2) is 40.5 Å². The number of aliphatic carboxylic acids is 1. The maximum atomic E-state index is 11.6. The van der Waals surface area contributed by atoms with Gasteiger partial charge in [-0.1, -0.05) is 13.8 Å². The van der Waals surface area contributed by atoms with E-state index in [9.17, 15) is 9.59 Å². The summed E-state index contributed by atoms with van der Waals surface area (Å²) >= 11 is 0. The average molecular weight is 214 g/mol. The summed E-state index contributed by atoms with van der Waals surface area (Å²) in [6.45, 7) is 4.32. The highest BCUT2D eigenvalue weighted by atomic mass is 16.4. The number of nitrogens with two attached hydrogens (primary N) is 1. The van der Waals surface area contributed by atoms with Crippen LogP contribution >= 0.6 is 0 Å². The molecule has 1 rings (SSSR count). The number of hydrogen-bond acceptors (Lipinski definition) is 3. The van der Waals surface area contributed by atoms with Crippen LogP contribution < -0.4 is 5.73 Å². The zero-order valence-corrected chi connectivity index (χ0v) is 9.14. The molecule has 15 heavy (non-hydrogen) atoms. The molecule has 1 amide bonds. The van der Waals surface area contributed by atoms with E-state index in [1.165, 1.54) is 0 Å². The number of rotatable bonds is 4. The van der Waals surface area contributed by atoms with Crippen molar-refractivity contribution >= 4 is 11.9 Å². The van der Waals surface area contributed by atoms with Gasteiger partial charge in [-0.05, 0) is 5.92 Å². The number of carbonyl (C=O) groups excluding carboxylic acids is 1. The van der Waals surface area contributed by atoms with E-state index in [0.29, 0.717) is 13.0 Å². The Morgan fingerprint density at radius 3 is 2.60 bits per heavy atom. The van der Waals surface area contributed by atoms with Crippen molar-refractivity contribution in [3.63, 3.8) is 0 Å². The van der Waals surface area contributed by atoms with Crippen LogP contribution in [0.1, 0.15) is 26.7 Å². The highest BCUT2D eigenvalue weighted by molar-refractivity contribution is 5.80. The Hall–Kier alpha value is -1.10. The van der Waals surface area contributed by atoms with Crippen LogP contribution in [0.2, 0.25) is 0 Å². The second kappa shape index (κ2) is 4.61. The molecule has 0 saturated carbocycles. The van der Waals surface area contributed by atoms with Gasteiger partial charge in [-0.25, -0.2) is 0 Å². The van der Waals surface area contributed by atoms with Crippen LogP contribution in [0.5, 0.6) is 0 Å². The number of carboxylic acid groups (broad SMARTS) is 1. The molecule has 1 aliphatic heterocycles. The minimum atomic E-state index is -0.873. The lowest BCUT2D eigenvalue weighted by molar-refractivity contribution is -0.140. The summed E-state index contributed by atoms with van der Waals surface area (Å²) in [7, 11) is 0. The van der Waals surface area contributed by atoms with Crippen LogP contribution in [0, 0.1) is 5.92 Å². The molecule has 5 heteroatoms. The molecule has 1 saturated heterocycles. The van der Waals surface area contributed by atoms with Crippen LogP contribution in [0.3, 0.4) is 0 Å². The number of carbonyl (C=O) groups is 2. The summed E-state index contributed by atoms with van der Waals surface area (Å²) in [5, 5.41) is 8.78. The van der Waals surface area contributed by atoms with Crippen molar-refractivity contribution in [1.82, 2.24) is 4.90 Å². The molecule has 0 aliphatic carbocycles. The van der Waals surface area contributed by atoms with Gasteiger partial charge in [-0.2, -0.15) is 0 Å². The van der Waals surface area contributed by atoms with E-state index >= 15 is 0 Å². The van der Waals surface area contributed by atoms with E-state index in [-0.39, 0.29) is 30.3 Å². The van der Waals surface area contributed by atoms with Crippen LogP contribution in [0.4, 0.5) is 0 Å². The third kappa shape index (κ3) is 2.92. The van der Waals surface area contributed by atoms with Gasteiger partial charge >= 0.3 is 5.97 Å². The lowest BCUT2D eigenvalue weighted by atomic mass is 9.99. The monoisotopic (exact) mass is 214 g/mol. The third-order valence-electron chi connectivity index (χ3n) is 2.74. The summed E-state index contributed by atoms with van der Waals surface area (Å²) in [6.07, 6.45) is 0.332.